The lowest BCUT2D eigenvalue weighted by atomic mass is 9.68. The maximum atomic E-state index is 6.97. The molecule has 1 aliphatic heterocycles. The van der Waals surface area contributed by atoms with Gasteiger partial charge < -0.3 is 14.4 Å². The zero-order valence-electron chi connectivity index (χ0n) is 32.2. The second kappa shape index (κ2) is 13.5. The van der Waals surface area contributed by atoms with Crippen molar-refractivity contribution in [1.29, 1.82) is 0 Å². The third-order valence-corrected chi connectivity index (χ3v) is 13.7. The Hall–Kier alpha value is -7.14. The Morgan fingerprint density at radius 1 is 0.492 bits per heavy atom. The zero-order valence-corrected chi connectivity index (χ0v) is 33.1. The summed E-state index contributed by atoms with van der Waals surface area (Å²) in [5.41, 5.74) is 13.8. The molecular formula is C55H38NO2S+. The molecule has 0 bridgehead atoms. The predicted molar refractivity (Wildman–Crippen MR) is 244 cm³/mol. The van der Waals surface area contributed by atoms with E-state index in [0.717, 1.165) is 46.8 Å². The second-order valence-corrected chi connectivity index (χ2v) is 16.8. The van der Waals surface area contributed by atoms with Gasteiger partial charge in [0.25, 0.3) is 0 Å². The molecule has 0 saturated heterocycles. The highest BCUT2D eigenvalue weighted by atomic mass is 32.1. The second-order valence-electron chi connectivity index (χ2n) is 15.6. The smallest absolute Gasteiger partial charge is 0.179 e. The maximum absolute atomic E-state index is 6.97. The molecule has 0 saturated carbocycles. The van der Waals surface area contributed by atoms with E-state index in [2.05, 4.69) is 205 Å². The molecule has 0 radical (unpaired) electrons. The Morgan fingerprint density at radius 2 is 1.14 bits per heavy atom. The molecule has 0 N–H and O–H groups in total. The molecule has 2 aliphatic carbocycles. The highest BCUT2D eigenvalue weighted by molar-refractivity contribution is 7.19. The van der Waals surface area contributed by atoms with Crippen LogP contribution in [0.25, 0.3) is 32.9 Å². The molecular weight excluding hydrogens is 739 g/mol. The quantitative estimate of drug-likeness (QED) is 0.157. The molecule has 280 valence electrons. The lowest BCUT2D eigenvalue weighted by molar-refractivity contribution is 0.360. The van der Waals surface area contributed by atoms with Crippen molar-refractivity contribution in [2.45, 2.75) is 18.3 Å². The molecule has 9 aromatic rings. The van der Waals surface area contributed by atoms with Crippen molar-refractivity contribution >= 4 is 50.1 Å². The molecule has 3 aliphatic rings. The number of benzene rings is 8. The summed E-state index contributed by atoms with van der Waals surface area (Å²) >= 11 is 1.37. The highest BCUT2D eigenvalue weighted by Crippen LogP contribution is 2.62. The maximum Gasteiger partial charge on any atom is 0.179 e. The summed E-state index contributed by atoms with van der Waals surface area (Å²) in [5.74, 6) is 2.83. The van der Waals surface area contributed by atoms with Gasteiger partial charge in [-0.25, -0.2) is 0 Å². The molecule has 0 amide bonds. The van der Waals surface area contributed by atoms with Gasteiger partial charge in [0.05, 0.1) is 11.1 Å². The Kier molecular flexibility index (Phi) is 7.75. The van der Waals surface area contributed by atoms with E-state index in [1.807, 2.05) is 0 Å². The summed E-state index contributed by atoms with van der Waals surface area (Å²) in [5, 5.41) is 1.39. The monoisotopic (exact) mass is 776 g/mol. The highest BCUT2D eigenvalue weighted by Gasteiger charge is 2.48. The minimum Gasteiger partial charge on any atom is -0.449 e. The first-order chi connectivity index (χ1) is 29.2. The van der Waals surface area contributed by atoms with Gasteiger partial charge >= 0.3 is 0 Å². The van der Waals surface area contributed by atoms with Crippen molar-refractivity contribution in [1.82, 2.24) is 0 Å². The minimum atomic E-state index is -0.516. The van der Waals surface area contributed by atoms with Gasteiger partial charge in [-0.15, -0.1) is 0 Å². The number of hydrogen-bond acceptors (Lipinski definition) is 3. The van der Waals surface area contributed by atoms with E-state index in [9.17, 15) is 0 Å². The molecule has 3 nitrogen and oxygen atoms in total. The van der Waals surface area contributed by atoms with Gasteiger partial charge in [-0.3, -0.25) is 0 Å². The number of aryl methyl sites for hydroxylation is 1. The van der Waals surface area contributed by atoms with Crippen LogP contribution in [0.15, 0.2) is 194 Å². The van der Waals surface area contributed by atoms with Crippen LogP contribution in [0.5, 0.6) is 23.0 Å². The third-order valence-electron chi connectivity index (χ3n) is 12.4. The standard InChI is InChI=1S/C55H37NO2S/c1-4-14-38(15-5-1)55(39-16-6-2-7-17-39)46-22-12-10-21-44(46)53-47(55)30-32-49-54(53)58-48-31-29-42(35-50(48)57-49)56(40-18-8-3-9-19-40)41-27-24-36(25-28-41)37-26-33-52-45(34-37)43-20-11-13-23-51(43)59-52/h1-25,27-32,34-35H,26,33H2/p+1. The number of nitrogens with zero attached hydrogens (tertiary/aromatic N) is 1. The SMILES string of the molecule is C1=C(c2ccc(N(c3ccccc3)c3ccc4c(c3)Oc3ccc5c(c3O4)-c3ccccc3C5(c3ccccc3)c3ccccc3)cc2)CCc2[sH+]c3ccccc3c21. The number of fused-ring (bicyclic) bond motifs is 9. The summed E-state index contributed by atoms with van der Waals surface area (Å²) in [6.07, 6.45) is 4.59. The summed E-state index contributed by atoms with van der Waals surface area (Å²) in [7, 11) is 0. The van der Waals surface area contributed by atoms with Crippen LogP contribution in [0.2, 0.25) is 0 Å². The van der Waals surface area contributed by atoms with Crippen molar-refractivity contribution in [3.63, 3.8) is 0 Å². The van der Waals surface area contributed by atoms with Gasteiger partial charge in [-0.1, -0.05) is 133 Å². The van der Waals surface area contributed by atoms with E-state index in [4.69, 9.17) is 9.47 Å². The van der Waals surface area contributed by atoms with Crippen LogP contribution in [0.4, 0.5) is 17.1 Å². The largest absolute Gasteiger partial charge is 0.449 e. The van der Waals surface area contributed by atoms with Crippen molar-refractivity contribution in [2.24, 2.45) is 0 Å². The van der Waals surface area contributed by atoms with Crippen LogP contribution in [0, 0.1) is 0 Å². The molecule has 12 rings (SSSR count). The fraction of sp³-hybridized carbons (Fsp3) is 0.0545. The van der Waals surface area contributed by atoms with Gasteiger partial charge in [0.2, 0.25) is 0 Å². The van der Waals surface area contributed by atoms with Crippen LogP contribution in [0.3, 0.4) is 0 Å². The number of thiophene rings is 1. The molecule has 0 spiro atoms. The fourth-order valence-electron chi connectivity index (χ4n) is 9.78. The number of allylic oxidation sites excluding steroid dienone is 1. The molecule has 8 aromatic carbocycles. The lowest BCUT2D eigenvalue weighted by Gasteiger charge is -2.34. The van der Waals surface area contributed by atoms with E-state index in [-0.39, 0.29) is 0 Å². The Balaban J connectivity index is 0.926. The van der Waals surface area contributed by atoms with E-state index in [1.54, 1.807) is 4.88 Å². The van der Waals surface area contributed by atoms with Crippen LogP contribution >= 0.6 is 11.3 Å². The summed E-state index contributed by atoms with van der Waals surface area (Å²) in [6, 6.07) is 69.5. The van der Waals surface area contributed by atoms with Crippen molar-refractivity contribution in [2.75, 3.05) is 4.90 Å². The van der Waals surface area contributed by atoms with Crippen LogP contribution < -0.4 is 14.4 Å². The number of anilines is 3. The molecule has 0 unspecified atom stereocenters. The zero-order chi connectivity index (χ0) is 38.9. The molecule has 0 fully saturated rings. The first-order valence-corrected chi connectivity index (χ1v) is 21.2. The minimum absolute atomic E-state index is 0.516. The van der Waals surface area contributed by atoms with Crippen LogP contribution in [0.1, 0.15) is 44.7 Å². The van der Waals surface area contributed by atoms with Gasteiger partial charge in [0.1, 0.15) is 0 Å². The molecule has 59 heavy (non-hydrogen) atoms. The third kappa shape index (κ3) is 5.26. The van der Waals surface area contributed by atoms with Gasteiger partial charge in [0, 0.05) is 40.4 Å². The number of hydrogen-bond donors (Lipinski definition) is 0. The lowest BCUT2D eigenvalue weighted by Crippen LogP contribution is -2.28. The first-order valence-electron chi connectivity index (χ1n) is 20.3. The van der Waals surface area contributed by atoms with Crippen LogP contribution in [-0.4, -0.2) is 0 Å². The van der Waals surface area contributed by atoms with Gasteiger partial charge in [0.15, 0.2) is 32.6 Å². The average molecular weight is 777 g/mol. The van der Waals surface area contributed by atoms with Crippen molar-refractivity contribution in [3.05, 3.63) is 232 Å². The topological polar surface area (TPSA) is 21.7 Å². The molecule has 0 atom stereocenters. The summed E-state index contributed by atoms with van der Waals surface area (Å²) in [6.45, 7) is 0. The normalized spacial score (nSPS) is 14.1. The molecule has 4 heteroatoms. The van der Waals surface area contributed by atoms with Crippen molar-refractivity contribution < 1.29 is 9.47 Å². The van der Waals surface area contributed by atoms with E-state index in [0.29, 0.717) is 17.2 Å². The summed E-state index contributed by atoms with van der Waals surface area (Å²) < 4.78 is 15.2. The van der Waals surface area contributed by atoms with Crippen LogP contribution in [-0.2, 0) is 11.8 Å². The molecule has 2 heterocycles. The van der Waals surface area contributed by atoms with Crippen molar-refractivity contribution in [3.8, 4) is 34.1 Å². The first kappa shape index (κ1) is 33.9. The number of para-hydroxylation sites is 1. The Labute approximate surface area is 347 Å². The predicted octanol–water partition coefficient (Wildman–Crippen LogP) is 14.9. The molecule has 1 aromatic heterocycles. The summed E-state index contributed by atoms with van der Waals surface area (Å²) in [4.78, 5) is 3.84. The Morgan fingerprint density at radius 3 is 1.92 bits per heavy atom. The van der Waals surface area contributed by atoms with E-state index >= 15 is 0 Å². The Bertz CT molecular complexity index is 3060. The van der Waals surface area contributed by atoms with E-state index in [1.165, 1.54) is 60.4 Å². The number of rotatable bonds is 6. The average Bonchev–Trinajstić information content (AvgIpc) is 3.83. The fourth-order valence-corrected chi connectivity index (χ4v) is 11.1. The van der Waals surface area contributed by atoms with E-state index < -0.39 is 5.41 Å². The van der Waals surface area contributed by atoms with Gasteiger partial charge in [-0.05, 0) is 117 Å². The van der Waals surface area contributed by atoms with Gasteiger partial charge in [-0.2, -0.15) is 0 Å². The number of ether oxygens (including phenoxy) is 2.